The highest BCUT2D eigenvalue weighted by molar-refractivity contribution is 7.47. The summed E-state index contributed by atoms with van der Waals surface area (Å²) in [4.78, 5) is 21.4. The Hall–Kier alpha value is -0.760. The molecule has 0 amide bonds. The Labute approximate surface area is 194 Å². The molecule has 0 aliphatic rings. The molecule has 0 saturated heterocycles. The van der Waals surface area contributed by atoms with Crippen molar-refractivity contribution in [2.45, 2.75) is 97.0 Å². The number of unbranched alkanes of at least 4 members (excludes halogenated alkanes) is 8. The summed E-state index contributed by atoms with van der Waals surface area (Å²) in [6.45, 7) is 4.46. The summed E-state index contributed by atoms with van der Waals surface area (Å²) < 4.78 is 32.3. The Bertz CT molecular complexity index is 517. The third-order valence-electron chi connectivity index (χ3n) is 4.65. The van der Waals surface area contributed by atoms with Crippen molar-refractivity contribution in [3.8, 4) is 0 Å². The maximum Gasteiger partial charge on any atom is 0.472 e. The van der Waals surface area contributed by atoms with Gasteiger partial charge in [-0.05, 0) is 32.1 Å². The lowest BCUT2D eigenvalue weighted by atomic mass is 10.1. The predicted molar refractivity (Wildman–Crippen MR) is 127 cm³/mol. The van der Waals surface area contributed by atoms with Crippen LogP contribution in [0.5, 0.6) is 0 Å². The summed E-state index contributed by atoms with van der Waals surface area (Å²) in [6.07, 6.45) is 16.6. The minimum absolute atomic E-state index is 0.0970. The summed E-state index contributed by atoms with van der Waals surface area (Å²) in [6, 6.07) is 0. The van der Waals surface area contributed by atoms with Gasteiger partial charge in [-0.15, -0.1) is 0 Å². The van der Waals surface area contributed by atoms with Gasteiger partial charge in [0.15, 0.2) is 0 Å². The van der Waals surface area contributed by atoms with E-state index in [4.69, 9.17) is 19.7 Å². The maximum atomic E-state index is 11.8. The third kappa shape index (κ3) is 21.1. The number of esters is 1. The normalized spacial score (nSPS) is 14.5. The van der Waals surface area contributed by atoms with E-state index < -0.39 is 13.9 Å². The van der Waals surface area contributed by atoms with E-state index in [0.29, 0.717) is 13.0 Å². The first-order valence-corrected chi connectivity index (χ1v) is 13.7. The van der Waals surface area contributed by atoms with Crippen LogP contribution in [0.3, 0.4) is 0 Å². The van der Waals surface area contributed by atoms with Crippen molar-refractivity contribution >= 4 is 13.8 Å². The average Bonchev–Trinajstić information content (AvgIpc) is 2.76. The molecule has 8 nitrogen and oxygen atoms in total. The van der Waals surface area contributed by atoms with Gasteiger partial charge >= 0.3 is 13.8 Å². The van der Waals surface area contributed by atoms with Crippen molar-refractivity contribution in [3.05, 3.63) is 12.2 Å². The van der Waals surface area contributed by atoms with E-state index in [1.165, 1.54) is 51.4 Å². The fraction of sp³-hybridized carbons (Fsp3) is 0.870. The number of nitrogens with two attached hydrogens (primary N) is 1. The van der Waals surface area contributed by atoms with E-state index in [-0.39, 0.29) is 38.8 Å². The van der Waals surface area contributed by atoms with Gasteiger partial charge in [-0.2, -0.15) is 0 Å². The Morgan fingerprint density at radius 2 is 1.56 bits per heavy atom. The van der Waals surface area contributed by atoms with Gasteiger partial charge in [-0.25, -0.2) is 4.57 Å². The molecule has 0 aliphatic heterocycles. The van der Waals surface area contributed by atoms with E-state index >= 15 is 0 Å². The molecule has 0 aromatic carbocycles. The number of rotatable bonds is 23. The first kappa shape index (κ1) is 31.2. The second-order valence-corrected chi connectivity index (χ2v) is 9.30. The molecule has 0 aromatic rings. The number of carbonyl (C=O) groups excluding carboxylic acids is 1. The lowest BCUT2D eigenvalue weighted by Crippen LogP contribution is -2.28. The minimum atomic E-state index is -4.23. The second kappa shape index (κ2) is 22.1. The van der Waals surface area contributed by atoms with Crippen molar-refractivity contribution in [1.29, 1.82) is 0 Å². The Balaban J connectivity index is 3.94. The molecule has 2 atom stereocenters. The van der Waals surface area contributed by atoms with Crippen LogP contribution in [-0.4, -0.2) is 49.9 Å². The highest BCUT2D eigenvalue weighted by Crippen LogP contribution is 2.43. The Kier molecular flexibility index (Phi) is 21.5. The molecular formula is C23H46NO7P. The van der Waals surface area contributed by atoms with E-state index in [1.54, 1.807) is 0 Å². The monoisotopic (exact) mass is 479 g/mol. The molecule has 2 unspecified atom stereocenters. The highest BCUT2D eigenvalue weighted by Gasteiger charge is 2.24. The van der Waals surface area contributed by atoms with Gasteiger partial charge in [-0.1, -0.05) is 64.5 Å². The van der Waals surface area contributed by atoms with Crippen LogP contribution in [0.4, 0.5) is 0 Å². The molecule has 3 N–H and O–H groups in total. The van der Waals surface area contributed by atoms with Crippen molar-refractivity contribution in [2.75, 3.05) is 33.0 Å². The van der Waals surface area contributed by atoms with Gasteiger partial charge in [-0.3, -0.25) is 13.8 Å². The topological polar surface area (TPSA) is 117 Å². The van der Waals surface area contributed by atoms with Crippen LogP contribution < -0.4 is 5.73 Å². The second-order valence-electron chi connectivity index (χ2n) is 7.85. The third-order valence-corrected chi connectivity index (χ3v) is 5.64. The Morgan fingerprint density at radius 3 is 2.22 bits per heavy atom. The van der Waals surface area contributed by atoms with Gasteiger partial charge in [0.1, 0.15) is 6.10 Å². The van der Waals surface area contributed by atoms with Crippen LogP contribution in [0.1, 0.15) is 90.9 Å². The molecule has 32 heavy (non-hydrogen) atoms. The Morgan fingerprint density at radius 1 is 0.906 bits per heavy atom. The molecule has 9 heteroatoms. The zero-order valence-electron chi connectivity index (χ0n) is 20.2. The van der Waals surface area contributed by atoms with Crippen molar-refractivity contribution in [2.24, 2.45) is 5.73 Å². The maximum absolute atomic E-state index is 11.8. The fourth-order valence-corrected chi connectivity index (χ4v) is 3.66. The van der Waals surface area contributed by atoms with Gasteiger partial charge in [0.05, 0.1) is 19.8 Å². The largest absolute Gasteiger partial charge is 0.472 e. The van der Waals surface area contributed by atoms with Gasteiger partial charge in [0.25, 0.3) is 0 Å². The molecule has 0 heterocycles. The number of phosphoric ester groups is 1. The first-order valence-electron chi connectivity index (χ1n) is 12.2. The molecular weight excluding hydrogens is 433 g/mol. The zero-order valence-corrected chi connectivity index (χ0v) is 21.1. The molecule has 0 aromatic heterocycles. The zero-order chi connectivity index (χ0) is 23.9. The van der Waals surface area contributed by atoms with E-state index in [1.807, 2.05) is 6.92 Å². The molecule has 0 rings (SSSR count). The summed E-state index contributed by atoms with van der Waals surface area (Å²) in [5, 5.41) is 0. The van der Waals surface area contributed by atoms with Crippen molar-refractivity contribution in [1.82, 2.24) is 0 Å². The number of hydrogen-bond acceptors (Lipinski definition) is 7. The molecule has 0 bridgehead atoms. The molecule has 0 radical (unpaired) electrons. The fourth-order valence-electron chi connectivity index (χ4n) is 2.89. The van der Waals surface area contributed by atoms with Gasteiger partial charge in [0.2, 0.25) is 0 Å². The predicted octanol–water partition coefficient (Wildman–Crippen LogP) is 5.28. The number of hydrogen-bond donors (Lipinski definition) is 2. The quantitative estimate of drug-likeness (QED) is 0.0879. The number of phosphoric acid groups is 1. The van der Waals surface area contributed by atoms with Crippen molar-refractivity contribution < 1.29 is 32.8 Å². The van der Waals surface area contributed by atoms with Crippen LogP contribution >= 0.6 is 7.82 Å². The SMILES string of the molecule is CCCC/C=C\CCCCCCCCOCC(COP(=O)(O)OCCN)OC(=O)CCC. The molecule has 0 saturated carbocycles. The number of ether oxygens (including phenoxy) is 2. The van der Waals surface area contributed by atoms with Crippen molar-refractivity contribution in [3.63, 3.8) is 0 Å². The van der Waals surface area contributed by atoms with Crippen LogP contribution in [-0.2, 0) is 27.9 Å². The summed E-state index contributed by atoms with van der Waals surface area (Å²) in [5.74, 6) is -0.388. The van der Waals surface area contributed by atoms with Crippen LogP contribution in [0.2, 0.25) is 0 Å². The lowest BCUT2D eigenvalue weighted by molar-refractivity contribution is -0.154. The lowest BCUT2D eigenvalue weighted by Gasteiger charge is -2.19. The van der Waals surface area contributed by atoms with E-state index in [0.717, 1.165) is 12.8 Å². The summed E-state index contributed by atoms with van der Waals surface area (Å²) in [7, 11) is -4.23. The number of allylic oxidation sites excluding steroid dienone is 2. The molecule has 0 spiro atoms. The minimum Gasteiger partial charge on any atom is -0.457 e. The standard InChI is InChI=1S/C23H46NO7P/c1-3-5-6-7-8-9-10-11-12-13-14-15-18-28-20-22(31-23(25)16-4-2)21-30-32(26,27)29-19-17-24/h7-8,22H,3-6,9-21,24H2,1-2H3,(H,26,27)/b8-7-. The molecule has 0 aliphatic carbocycles. The van der Waals surface area contributed by atoms with E-state index in [9.17, 15) is 14.3 Å². The van der Waals surface area contributed by atoms with Crippen LogP contribution in [0.15, 0.2) is 12.2 Å². The van der Waals surface area contributed by atoms with Crippen LogP contribution in [0, 0.1) is 0 Å². The average molecular weight is 480 g/mol. The molecule has 190 valence electrons. The van der Waals surface area contributed by atoms with E-state index in [2.05, 4.69) is 23.6 Å². The smallest absolute Gasteiger partial charge is 0.457 e. The van der Waals surface area contributed by atoms with Crippen LogP contribution in [0.25, 0.3) is 0 Å². The highest BCUT2D eigenvalue weighted by atomic mass is 31.2. The summed E-state index contributed by atoms with van der Waals surface area (Å²) >= 11 is 0. The summed E-state index contributed by atoms with van der Waals surface area (Å²) in [5.41, 5.74) is 5.25. The number of carbonyl (C=O) groups is 1. The van der Waals surface area contributed by atoms with Gasteiger partial charge < -0.3 is 20.1 Å². The molecule has 0 fully saturated rings. The first-order chi connectivity index (χ1) is 15.4. The van der Waals surface area contributed by atoms with Gasteiger partial charge in [0, 0.05) is 19.6 Å².